The Bertz CT molecular complexity index is 379. The van der Waals surface area contributed by atoms with Gasteiger partial charge in [0.2, 0.25) is 0 Å². The molecule has 3 N–H and O–H groups in total. The van der Waals surface area contributed by atoms with Crippen molar-refractivity contribution in [1.29, 1.82) is 0 Å². The molecule has 0 radical (unpaired) electrons. The minimum Gasteiger partial charge on any atom is -0.496 e. The van der Waals surface area contributed by atoms with E-state index >= 15 is 0 Å². The maximum Gasteiger partial charge on any atom is 0.142 e. The SMILES string of the molecule is CCCN=C(NN)c1ccc(OC)c(Br)c1. The van der Waals surface area contributed by atoms with Crippen LogP contribution in [0.2, 0.25) is 0 Å². The Morgan fingerprint density at radius 3 is 2.81 bits per heavy atom. The average Bonchev–Trinajstić information content (AvgIpc) is 2.30. The Balaban J connectivity index is 2.98. The molecule has 0 unspecified atom stereocenters. The standard InChI is InChI=1S/C11H16BrN3O/c1-3-6-14-11(15-13)8-4-5-10(16-2)9(12)7-8/h4-5,7H,3,6,13H2,1-2H3,(H,14,15). The van der Waals surface area contributed by atoms with Crippen LogP contribution in [0, 0.1) is 0 Å². The summed E-state index contributed by atoms with van der Waals surface area (Å²) in [6.07, 6.45) is 0.989. The van der Waals surface area contributed by atoms with Crippen molar-refractivity contribution in [1.82, 2.24) is 5.43 Å². The van der Waals surface area contributed by atoms with E-state index in [9.17, 15) is 0 Å². The van der Waals surface area contributed by atoms with Crippen molar-refractivity contribution in [3.63, 3.8) is 0 Å². The topological polar surface area (TPSA) is 59.6 Å². The molecule has 0 spiro atoms. The highest BCUT2D eigenvalue weighted by Gasteiger charge is 2.05. The number of hydrogen-bond donors (Lipinski definition) is 2. The Morgan fingerprint density at radius 2 is 2.31 bits per heavy atom. The third kappa shape index (κ3) is 3.21. The quantitative estimate of drug-likeness (QED) is 0.385. The maximum absolute atomic E-state index is 5.44. The normalized spacial score (nSPS) is 11.4. The lowest BCUT2D eigenvalue weighted by atomic mass is 10.2. The highest BCUT2D eigenvalue weighted by molar-refractivity contribution is 9.10. The summed E-state index contributed by atoms with van der Waals surface area (Å²) >= 11 is 3.42. The van der Waals surface area contributed by atoms with Crippen LogP contribution in [0.5, 0.6) is 5.75 Å². The van der Waals surface area contributed by atoms with Gasteiger partial charge in [-0.15, -0.1) is 0 Å². The summed E-state index contributed by atoms with van der Waals surface area (Å²) in [5, 5.41) is 0. The number of rotatable bonds is 4. The number of benzene rings is 1. The summed E-state index contributed by atoms with van der Waals surface area (Å²) in [6.45, 7) is 2.82. The number of nitrogens with two attached hydrogens (primary N) is 1. The largest absolute Gasteiger partial charge is 0.496 e. The molecular weight excluding hydrogens is 270 g/mol. The number of methoxy groups -OCH3 is 1. The van der Waals surface area contributed by atoms with Crippen LogP contribution in [0.25, 0.3) is 0 Å². The number of ether oxygens (including phenoxy) is 1. The van der Waals surface area contributed by atoms with E-state index in [1.165, 1.54) is 0 Å². The van der Waals surface area contributed by atoms with Crippen LogP contribution in [0.3, 0.4) is 0 Å². The van der Waals surface area contributed by atoms with E-state index in [2.05, 4.69) is 33.3 Å². The van der Waals surface area contributed by atoms with Gasteiger partial charge in [0.1, 0.15) is 11.6 Å². The first-order valence-electron chi connectivity index (χ1n) is 5.08. The van der Waals surface area contributed by atoms with Crippen molar-refractivity contribution < 1.29 is 4.74 Å². The van der Waals surface area contributed by atoms with E-state index in [1.807, 2.05) is 18.2 Å². The molecule has 0 heterocycles. The lowest BCUT2D eigenvalue weighted by Gasteiger charge is -2.08. The highest BCUT2D eigenvalue weighted by Crippen LogP contribution is 2.25. The summed E-state index contributed by atoms with van der Waals surface area (Å²) < 4.78 is 6.04. The Labute approximate surface area is 104 Å². The predicted molar refractivity (Wildman–Crippen MR) is 69.7 cm³/mol. The molecule has 0 saturated carbocycles. The maximum atomic E-state index is 5.44. The predicted octanol–water partition coefficient (Wildman–Crippen LogP) is 2.08. The first kappa shape index (κ1) is 13.0. The fourth-order valence-electron chi connectivity index (χ4n) is 1.26. The Hall–Kier alpha value is -1.07. The van der Waals surface area contributed by atoms with Gasteiger partial charge in [-0.2, -0.15) is 0 Å². The second kappa shape index (κ2) is 6.50. The van der Waals surface area contributed by atoms with Gasteiger partial charge in [0.05, 0.1) is 11.6 Å². The lowest BCUT2D eigenvalue weighted by molar-refractivity contribution is 0.412. The first-order valence-corrected chi connectivity index (χ1v) is 5.87. The van der Waals surface area contributed by atoms with Gasteiger partial charge in [0.25, 0.3) is 0 Å². The summed E-state index contributed by atoms with van der Waals surface area (Å²) in [5.41, 5.74) is 3.54. The summed E-state index contributed by atoms with van der Waals surface area (Å²) in [7, 11) is 1.63. The van der Waals surface area contributed by atoms with E-state index in [4.69, 9.17) is 10.6 Å². The van der Waals surface area contributed by atoms with Crippen LogP contribution >= 0.6 is 15.9 Å². The van der Waals surface area contributed by atoms with E-state index in [0.717, 1.165) is 28.8 Å². The van der Waals surface area contributed by atoms with Gasteiger partial charge in [0, 0.05) is 12.1 Å². The zero-order chi connectivity index (χ0) is 12.0. The molecule has 0 bridgehead atoms. The molecule has 0 aliphatic heterocycles. The van der Waals surface area contributed by atoms with Gasteiger partial charge in [-0.3, -0.25) is 4.99 Å². The van der Waals surface area contributed by atoms with E-state index in [1.54, 1.807) is 7.11 Å². The van der Waals surface area contributed by atoms with E-state index < -0.39 is 0 Å². The minimum atomic E-state index is 0.685. The van der Waals surface area contributed by atoms with E-state index in [-0.39, 0.29) is 0 Å². The van der Waals surface area contributed by atoms with E-state index in [0.29, 0.717) is 5.84 Å². The van der Waals surface area contributed by atoms with Crippen LogP contribution < -0.4 is 16.0 Å². The van der Waals surface area contributed by atoms with Crippen LogP contribution in [0.1, 0.15) is 18.9 Å². The molecule has 0 amide bonds. The van der Waals surface area contributed by atoms with Gasteiger partial charge in [0.15, 0.2) is 0 Å². The van der Waals surface area contributed by atoms with Crippen LogP contribution in [-0.2, 0) is 0 Å². The van der Waals surface area contributed by atoms with Crippen molar-refractivity contribution in [2.24, 2.45) is 10.8 Å². The van der Waals surface area contributed by atoms with Gasteiger partial charge in [-0.1, -0.05) is 6.92 Å². The molecule has 88 valence electrons. The van der Waals surface area contributed by atoms with Crippen molar-refractivity contribution in [3.05, 3.63) is 28.2 Å². The molecule has 1 aromatic rings. The third-order valence-electron chi connectivity index (χ3n) is 2.06. The Morgan fingerprint density at radius 1 is 1.56 bits per heavy atom. The number of nitrogens with one attached hydrogen (secondary N) is 1. The smallest absolute Gasteiger partial charge is 0.142 e. The summed E-state index contributed by atoms with van der Waals surface area (Å²) in [4.78, 5) is 4.35. The second-order valence-corrected chi connectivity index (χ2v) is 4.08. The van der Waals surface area contributed by atoms with Gasteiger partial charge in [-0.25, -0.2) is 5.84 Å². The number of nitrogens with zero attached hydrogens (tertiary/aromatic N) is 1. The monoisotopic (exact) mass is 285 g/mol. The lowest BCUT2D eigenvalue weighted by Crippen LogP contribution is -2.31. The Kier molecular flexibility index (Phi) is 5.28. The number of hydrazine groups is 1. The minimum absolute atomic E-state index is 0.685. The zero-order valence-corrected chi connectivity index (χ0v) is 11.0. The average molecular weight is 286 g/mol. The van der Waals surface area contributed by atoms with Crippen LogP contribution in [-0.4, -0.2) is 19.5 Å². The molecule has 0 fully saturated rings. The zero-order valence-electron chi connectivity index (χ0n) is 9.46. The summed E-state index contributed by atoms with van der Waals surface area (Å²) in [6, 6.07) is 5.71. The molecule has 0 aromatic heterocycles. The molecule has 0 aliphatic rings. The molecule has 4 nitrogen and oxygen atoms in total. The molecular formula is C11H16BrN3O. The highest BCUT2D eigenvalue weighted by atomic mass is 79.9. The molecule has 0 atom stereocenters. The van der Waals surface area contributed by atoms with Crippen molar-refractivity contribution in [2.75, 3.05) is 13.7 Å². The van der Waals surface area contributed by atoms with Gasteiger partial charge >= 0.3 is 0 Å². The number of halogens is 1. The summed E-state index contributed by atoms with van der Waals surface area (Å²) in [5.74, 6) is 6.91. The number of hydrogen-bond acceptors (Lipinski definition) is 3. The fraction of sp³-hybridized carbons (Fsp3) is 0.364. The third-order valence-corrected chi connectivity index (χ3v) is 2.68. The van der Waals surface area contributed by atoms with Gasteiger partial charge in [-0.05, 0) is 40.5 Å². The van der Waals surface area contributed by atoms with Crippen LogP contribution in [0.15, 0.2) is 27.7 Å². The fourth-order valence-corrected chi connectivity index (χ4v) is 1.80. The molecule has 5 heteroatoms. The van der Waals surface area contributed by atoms with Crippen molar-refractivity contribution >= 4 is 21.8 Å². The molecule has 16 heavy (non-hydrogen) atoms. The molecule has 0 aliphatic carbocycles. The molecule has 1 aromatic carbocycles. The molecule has 1 rings (SSSR count). The van der Waals surface area contributed by atoms with Crippen molar-refractivity contribution in [3.8, 4) is 5.75 Å². The second-order valence-electron chi connectivity index (χ2n) is 3.22. The van der Waals surface area contributed by atoms with Gasteiger partial charge < -0.3 is 10.2 Å². The first-order chi connectivity index (χ1) is 7.72. The van der Waals surface area contributed by atoms with Crippen LogP contribution in [0.4, 0.5) is 0 Å². The number of aliphatic imine (C=N–C) groups is 1. The molecule has 0 saturated heterocycles. The van der Waals surface area contributed by atoms with Crippen molar-refractivity contribution in [2.45, 2.75) is 13.3 Å². The number of amidine groups is 1.